The van der Waals surface area contributed by atoms with Gasteiger partial charge in [0.15, 0.2) is 0 Å². The number of hydrogen-bond acceptors (Lipinski definition) is 2. The molecule has 0 aliphatic carbocycles. The summed E-state index contributed by atoms with van der Waals surface area (Å²) in [6.07, 6.45) is 5.42. The van der Waals surface area contributed by atoms with Crippen LogP contribution in [0.2, 0.25) is 5.82 Å². The van der Waals surface area contributed by atoms with E-state index < -0.39 is 0 Å². The van der Waals surface area contributed by atoms with Gasteiger partial charge < -0.3 is 9.31 Å². The predicted octanol–water partition coefficient (Wildman–Crippen LogP) is 3.04. The molecule has 0 bridgehead atoms. The Hall–Kier alpha value is -0.275. The van der Waals surface area contributed by atoms with Gasteiger partial charge >= 0.3 is 7.12 Å². The summed E-state index contributed by atoms with van der Waals surface area (Å²) in [5, 5.41) is 0. The summed E-state index contributed by atoms with van der Waals surface area (Å²) in [5.74, 6) is 0.321. The molecule has 0 N–H and O–H groups in total. The fraction of sp³-hybridized carbons (Fsp3) is 0.818. The SMILES string of the molecule is C/C=C/C(C)B1O[C@H](C)CC(C)(C)O1. The average Bonchev–Trinajstić information content (AvgIpc) is 2.00. The molecule has 1 aliphatic rings. The Morgan fingerprint density at radius 1 is 1.50 bits per heavy atom. The van der Waals surface area contributed by atoms with Gasteiger partial charge in [0.1, 0.15) is 0 Å². The van der Waals surface area contributed by atoms with Gasteiger partial charge in [-0.15, -0.1) is 0 Å². The van der Waals surface area contributed by atoms with E-state index in [2.05, 4.69) is 33.8 Å². The molecule has 0 amide bonds. The highest BCUT2D eigenvalue weighted by Gasteiger charge is 2.39. The van der Waals surface area contributed by atoms with E-state index in [1.807, 2.05) is 13.0 Å². The zero-order chi connectivity index (χ0) is 10.8. The summed E-state index contributed by atoms with van der Waals surface area (Å²) >= 11 is 0. The Labute approximate surface area is 87.8 Å². The van der Waals surface area contributed by atoms with E-state index >= 15 is 0 Å². The molecule has 1 unspecified atom stereocenters. The third-order valence-electron chi connectivity index (χ3n) is 2.51. The van der Waals surface area contributed by atoms with Crippen LogP contribution < -0.4 is 0 Å². The Balaban J connectivity index is 2.62. The molecule has 1 fully saturated rings. The monoisotopic (exact) mass is 196 g/mol. The van der Waals surface area contributed by atoms with Crippen LogP contribution in [0.3, 0.4) is 0 Å². The molecule has 0 spiro atoms. The van der Waals surface area contributed by atoms with Crippen molar-refractivity contribution in [2.75, 3.05) is 0 Å². The van der Waals surface area contributed by atoms with Crippen LogP contribution in [0.4, 0.5) is 0 Å². The minimum absolute atomic E-state index is 0.0574. The van der Waals surface area contributed by atoms with Crippen LogP contribution in [-0.4, -0.2) is 18.8 Å². The van der Waals surface area contributed by atoms with E-state index in [0.717, 1.165) is 6.42 Å². The number of allylic oxidation sites excluding steroid dienone is 2. The summed E-state index contributed by atoms with van der Waals surface area (Å²) < 4.78 is 11.6. The van der Waals surface area contributed by atoms with E-state index in [4.69, 9.17) is 9.31 Å². The van der Waals surface area contributed by atoms with Gasteiger partial charge in [0.2, 0.25) is 0 Å². The quantitative estimate of drug-likeness (QED) is 0.499. The van der Waals surface area contributed by atoms with Crippen molar-refractivity contribution in [3.63, 3.8) is 0 Å². The van der Waals surface area contributed by atoms with Crippen LogP contribution in [0.1, 0.15) is 41.0 Å². The van der Waals surface area contributed by atoms with Gasteiger partial charge in [0.25, 0.3) is 0 Å². The summed E-state index contributed by atoms with van der Waals surface area (Å²) in [6, 6.07) is 0. The highest BCUT2D eigenvalue weighted by atomic mass is 16.6. The number of hydrogen-bond donors (Lipinski definition) is 0. The van der Waals surface area contributed by atoms with Gasteiger partial charge in [-0.1, -0.05) is 19.1 Å². The lowest BCUT2D eigenvalue weighted by molar-refractivity contribution is -0.0305. The fourth-order valence-corrected chi connectivity index (χ4v) is 1.99. The van der Waals surface area contributed by atoms with Gasteiger partial charge in [-0.25, -0.2) is 0 Å². The third-order valence-corrected chi connectivity index (χ3v) is 2.51. The maximum absolute atomic E-state index is 5.89. The fourth-order valence-electron chi connectivity index (χ4n) is 1.99. The molecule has 3 heteroatoms. The predicted molar refractivity (Wildman–Crippen MR) is 60.3 cm³/mol. The first kappa shape index (κ1) is 11.8. The Kier molecular flexibility index (Phi) is 3.79. The highest BCUT2D eigenvalue weighted by molar-refractivity contribution is 6.47. The topological polar surface area (TPSA) is 18.5 Å². The minimum Gasteiger partial charge on any atom is -0.408 e. The molecule has 0 radical (unpaired) electrons. The van der Waals surface area contributed by atoms with Gasteiger partial charge in [-0.3, -0.25) is 0 Å². The number of rotatable bonds is 2. The molecule has 0 aromatic carbocycles. The molecule has 0 aromatic rings. The van der Waals surface area contributed by atoms with Crippen molar-refractivity contribution in [3.8, 4) is 0 Å². The van der Waals surface area contributed by atoms with E-state index in [9.17, 15) is 0 Å². The van der Waals surface area contributed by atoms with Gasteiger partial charge in [0.05, 0.1) is 5.60 Å². The zero-order valence-electron chi connectivity index (χ0n) is 9.91. The van der Waals surface area contributed by atoms with Crippen molar-refractivity contribution >= 4 is 7.12 Å². The normalized spacial score (nSPS) is 29.5. The summed E-state index contributed by atoms with van der Waals surface area (Å²) in [5.41, 5.74) is -0.0574. The Morgan fingerprint density at radius 3 is 2.64 bits per heavy atom. The molecule has 0 saturated carbocycles. The van der Waals surface area contributed by atoms with Crippen molar-refractivity contribution < 1.29 is 9.31 Å². The van der Waals surface area contributed by atoms with E-state index in [0.29, 0.717) is 5.82 Å². The Bertz CT molecular complexity index is 213. The van der Waals surface area contributed by atoms with Crippen molar-refractivity contribution in [2.45, 2.75) is 58.6 Å². The van der Waals surface area contributed by atoms with Gasteiger partial charge in [-0.05, 0) is 34.1 Å². The molecule has 0 aromatic heterocycles. The molecule has 80 valence electrons. The molecule has 14 heavy (non-hydrogen) atoms. The highest BCUT2D eigenvalue weighted by Crippen LogP contribution is 2.30. The van der Waals surface area contributed by atoms with Crippen LogP contribution in [0.5, 0.6) is 0 Å². The lowest BCUT2D eigenvalue weighted by atomic mass is 9.70. The summed E-state index contributed by atoms with van der Waals surface area (Å²) in [7, 11) is -0.0926. The van der Waals surface area contributed by atoms with E-state index in [1.54, 1.807) is 0 Å². The molecule has 1 aliphatic heterocycles. The van der Waals surface area contributed by atoms with Crippen LogP contribution in [0.15, 0.2) is 12.2 Å². The lowest BCUT2D eigenvalue weighted by Crippen LogP contribution is -2.47. The maximum Gasteiger partial charge on any atom is 0.464 e. The summed E-state index contributed by atoms with van der Waals surface area (Å²) in [6.45, 7) is 10.5. The standard InChI is InChI=1S/C11H21BO2/c1-6-7-9(2)12-13-10(3)8-11(4,5)14-12/h6-7,9-10H,8H2,1-5H3/b7-6+/t9?,10-/m1/s1. The van der Waals surface area contributed by atoms with Crippen molar-refractivity contribution in [1.29, 1.82) is 0 Å². The second kappa shape index (κ2) is 4.50. The van der Waals surface area contributed by atoms with Crippen LogP contribution in [0, 0.1) is 0 Å². The zero-order valence-corrected chi connectivity index (χ0v) is 9.91. The third kappa shape index (κ3) is 3.14. The molecular formula is C11H21BO2. The maximum atomic E-state index is 5.89. The minimum atomic E-state index is -0.0926. The van der Waals surface area contributed by atoms with E-state index in [-0.39, 0.29) is 18.8 Å². The largest absolute Gasteiger partial charge is 0.464 e. The lowest BCUT2D eigenvalue weighted by Gasteiger charge is -2.39. The molecule has 2 atom stereocenters. The van der Waals surface area contributed by atoms with Gasteiger partial charge in [0, 0.05) is 11.9 Å². The van der Waals surface area contributed by atoms with Crippen LogP contribution in [0.25, 0.3) is 0 Å². The van der Waals surface area contributed by atoms with Crippen molar-refractivity contribution in [1.82, 2.24) is 0 Å². The molecular weight excluding hydrogens is 175 g/mol. The first-order chi connectivity index (χ1) is 6.44. The van der Waals surface area contributed by atoms with Crippen LogP contribution in [-0.2, 0) is 9.31 Å². The smallest absolute Gasteiger partial charge is 0.408 e. The van der Waals surface area contributed by atoms with Crippen molar-refractivity contribution in [2.24, 2.45) is 0 Å². The van der Waals surface area contributed by atoms with E-state index in [1.165, 1.54) is 0 Å². The van der Waals surface area contributed by atoms with Crippen molar-refractivity contribution in [3.05, 3.63) is 12.2 Å². The first-order valence-corrected chi connectivity index (χ1v) is 5.41. The van der Waals surface area contributed by atoms with Gasteiger partial charge in [-0.2, -0.15) is 0 Å². The Morgan fingerprint density at radius 2 is 2.14 bits per heavy atom. The second-order valence-corrected chi connectivity index (χ2v) is 4.78. The van der Waals surface area contributed by atoms with Crippen LogP contribution >= 0.6 is 0 Å². The molecule has 1 heterocycles. The first-order valence-electron chi connectivity index (χ1n) is 5.41. The molecule has 1 saturated heterocycles. The molecule has 1 rings (SSSR count). The second-order valence-electron chi connectivity index (χ2n) is 4.78. The molecule has 2 nitrogen and oxygen atoms in total. The average molecular weight is 196 g/mol. The summed E-state index contributed by atoms with van der Waals surface area (Å²) in [4.78, 5) is 0.